The summed E-state index contributed by atoms with van der Waals surface area (Å²) in [6.07, 6.45) is 2.15. The molecular formula is C30H30F3N5O5. The number of carbonyl (C=O) groups excluding carboxylic acids is 1. The van der Waals surface area contributed by atoms with E-state index in [1.54, 1.807) is 29.8 Å². The molecule has 1 aromatic carbocycles. The number of aromatic nitrogens is 4. The topological polar surface area (TPSA) is 104 Å². The van der Waals surface area contributed by atoms with Crippen molar-refractivity contribution in [2.75, 3.05) is 11.5 Å². The van der Waals surface area contributed by atoms with Gasteiger partial charge in [0, 0.05) is 29.1 Å². The number of benzene rings is 1. The van der Waals surface area contributed by atoms with E-state index in [2.05, 4.69) is 19.8 Å². The Balaban J connectivity index is 1.08. The Labute approximate surface area is 244 Å². The zero-order valence-corrected chi connectivity index (χ0v) is 23.4. The molecule has 13 heteroatoms. The lowest BCUT2D eigenvalue weighted by molar-refractivity contribution is -0.274. The van der Waals surface area contributed by atoms with E-state index in [1.807, 2.05) is 12.1 Å². The second-order valence-electron chi connectivity index (χ2n) is 11.2. The van der Waals surface area contributed by atoms with E-state index < -0.39 is 12.3 Å². The van der Waals surface area contributed by atoms with Crippen molar-refractivity contribution >= 4 is 17.4 Å². The van der Waals surface area contributed by atoms with Gasteiger partial charge >= 0.3 is 12.3 Å². The second kappa shape index (κ2) is 10.9. The van der Waals surface area contributed by atoms with Gasteiger partial charge in [0.25, 0.3) is 0 Å². The number of imidazole rings is 1. The minimum absolute atomic E-state index is 0.0439. The lowest BCUT2D eigenvalue weighted by Gasteiger charge is -2.39. The van der Waals surface area contributed by atoms with Crippen LogP contribution in [0.1, 0.15) is 73.2 Å². The molecular weight excluding hydrogens is 567 g/mol. The Hall–Kier alpha value is -4.13. The van der Waals surface area contributed by atoms with Crippen LogP contribution in [-0.2, 0) is 16.1 Å². The third-order valence-electron chi connectivity index (χ3n) is 8.34. The first kappa shape index (κ1) is 27.7. The summed E-state index contributed by atoms with van der Waals surface area (Å²) in [7, 11) is 0. The number of fused-ring (bicyclic) bond motifs is 3. The SMILES string of the molecule is CCOC(=O)c1cn2nc(N3C4CC[C@H]3CC(OCc3c(-c5ccccc5OC(F)(F)F)noc3C3CC3)C4)ccc2n1. The predicted octanol–water partition coefficient (Wildman–Crippen LogP) is 6.05. The van der Waals surface area contributed by atoms with Crippen LogP contribution in [0.5, 0.6) is 5.75 Å². The van der Waals surface area contributed by atoms with Gasteiger partial charge < -0.3 is 23.6 Å². The van der Waals surface area contributed by atoms with Crippen molar-refractivity contribution in [3.05, 3.63) is 59.6 Å². The van der Waals surface area contributed by atoms with Crippen LogP contribution >= 0.6 is 0 Å². The first-order valence-corrected chi connectivity index (χ1v) is 14.5. The van der Waals surface area contributed by atoms with Crippen molar-refractivity contribution < 1.29 is 36.7 Å². The monoisotopic (exact) mass is 597 g/mol. The maximum absolute atomic E-state index is 13.1. The van der Waals surface area contributed by atoms with Gasteiger partial charge in [-0.1, -0.05) is 17.3 Å². The number of alkyl halides is 3. The number of esters is 1. The minimum atomic E-state index is -4.83. The van der Waals surface area contributed by atoms with Gasteiger partial charge in [-0.05, 0) is 69.7 Å². The Morgan fingerprint density at radius 1 is 1.07 bits per heavy atom. The quantitative estimate of drug-likeness (QED) is 0.213. The molecule has 1 aliphatic carbocycles. The van der Waals surface area contributed by atoms with Gasteiger partial charge in [-0.15, -0.1) is 18.3 Å². The summed E-state index contributed by atoms with van der Waals surface area (Å²) in [5.74, 6) is 0.879. The zero-order valence-electron chi connectivity index (χ0n) is 23.4. The molecule has 0 amide bonds. The van der Waals surface area contributed by atoms with Gasteiger partial charge in [-0.3, -0.25) is 0 Å². The van der Waals surface area contributed by atoms with Crippen molar-refractivity contribution in [3.8, 4) is 17.0 Å². The molecule has 2 aliphatic heterocycles. The highest BCUT2D eigenvalue weighted by molar-refractivity contribution is 5.87. The van der Waals surface area contributed by atoms with Crippen molar-refractivity contribution in [3.63, 3.8) is 0 Å². The maximum Gasteiger partial charge on any atom is 0.573 e. The number of rotatable bonds is 9. The lowest BCUT2D eigenvalue weighted by Crippen LogP contribution is -2.46. The van der Waals surface area contributed by atoms with Crippen molar-refractivity contribution in [1.82, 2.24) is 19.8 Å². The molecule has 3 atom stereocenters. The molecule has 2 unspecified atom stereocenters. The molecule has 0 N–H and O–H groups in total. The lowest BCUT2D eigenvalue weighted by atomic mass is 9.99. The summed E-state index contributed by atoms with van der Waals surface area (Å²) in [5.41, 5.74) is 2.00. The van der Waals surface area contributed by atoms with Crippen molar-refractivity contribution in [2.24, 2.45) is 0 Å². The van der Waals surface area contributed by atoms with E-state index in [1.165, 1.54) is 12.1 Å². The Morgan fingerprint density at radius 3 is 2.56 bits per heavy atom. The molecule has 3 aliphatic rings. The van der Waals surface area contributed by atoms with Crippen LogP contribution in [0.25, 0.3) is 16.9 Å². The molecule has 5 heterocycles. The molecule has 43 heavy (non-hydrogen) atoms. The van der Waals surface area contributed by atoms with Crippen LogP contribution < -0.4 is 9.64 Å². The number of nitrogens with zero attached hydrogens (tertiary/aromatic N) is 5. The van der Waals surface area contributed by atoms with E-state index in [4.69, 9.17) is 19.1 Å². The van der Waals surface area contributed by atoms with Gasteiger partial charge in [0.05, 0.1) is 25.5 Å². The van der Waals surface area contributed by atoms with Gasteiger partial charge in [-0.2, -0.15) is 0 Å². The van der Waals surface area contributed by atoms with E-state index in [0.717, 1.165) is 44.3 Å². The first-order chi connectivity index (χ1) is 20.8. The minimum Gasteiger partial charge on any atom is -0.461 e. The molecule has 0 spiro atoms. The first-order valence-electron chi connectivity index (χ1n) is 14.5. The van der Waals surface area contributed by atoms with Crippen LogP contribution in [0.4, 0.5) is 19.0 Å². The number of hydrogen-bond acceptors (Lipinski definition) is 9. The van der Waals surface area contributed by atoms with Gasteiger partial charge in [0.1, 0.15) is 23.0 Å². The number of halogens is 3. The average Bonchev–Trinajstić information content (AvgIpc) is 3.48. The van der Waals surface area contributed by atoms with E-state index in [-0.39, 0.29) is 54.3 Å². The molecule has 3 aromatic heterocycles. The summed E-state index contributed by atoms with van der Waals surface area (Å²) in [6, 6.07) is 10.2. The van der Waals surface area contributed by atoms with Crippen LogP contribution in [0.2, 0.25) is 0 Å². The molecule has 7 rings (SSSR count). The van der Waals surface area contributed by atoms with Crippen LogP contribution in [-0.4, -0.2) is 56.9 Å². The largest absolute Gasteiger partial charge is 0.573 e. The molecule has 0 radical (unpaired) electrons. The van der Waals surface area contributed by atoms with E-state index >= 15 is 0 Å². The van der Waals surface area contributed by atoms with Crippen LogP contribution in [0.3, 0.4) is 0 Å². The third-order valence-corrected chi connectivity index (χ3v) is 8.34. The highest BCUT2D eigenvalue weighted by atomic mass is 19.4. The van der Waals surface area contributed by atoms with E-state index in [0.29, 0.717) is 22.7 Å². The summed E-state index contributed by atoms with van der Waals surface area (Å²) >= 11 is 0. The number of anilines is 1. The number of carbonyl (C=O) groups is 1. The average molecular weight is 598 g/mol. The maximum atomic E-state index is 13.1. The highest BCUT2D eigenvalue weighted by Crippen LogP contribution is 2.46. The number of piperidine rings is 1. The number of para-hydroxylation sites is 1. The fourth-order valence-electron chi connectivity index (χ4n) is 6.37. The smallest absolute Gasteiger partial charge is 0.461 e. The molecule has 2 saturated heterocycles. The third kappa shape index (κ3) is 5.53. The van der Waals surface area contributed by atoms with Crippen molar-refractivity contribution in [2.45, 2.75) is 82.5 Å². The summed E-state index contributed by atoms with van der Waals surface area (Å²) < 4.78 is 62.5. The molecule has 226 valence electrons. The van der Waals surface area contributed by atoms with Crippen LogP contribution in [0.15, 0.2) is 47.1 Å². The molecule has 1 saturated carbocycles. The van der Waals surface area contributed by atoms with Crippen molar-refractivity contribution in [1.29, 1.82) is 0 Å². The summed E-state index contributed by atoms with van der Waals surface area (Å²) in [4.78, 5) is 18.8. The summed E-state index contributed by atoms with van der Waals surface area (Å²) in [5, 5.41) is 8.94. The van der Waals surface area contributed by atoms with Crippen LogP contribution in [0, 0.1) is 0 Å². The molecule has 2 bridgehead atoms. The Kier molecular flexibility index (Phi) is 6.99. The normalized spacial score (nSPS) is 21.9. The van der Waals surface area contributed by atoms with Gasteiger partial charge in [0.15, 0.2) is 11.3 Å². The highest BCUT2D eigenvalue weighted by Gasteiger charge is 2.43. The fraction of sp³-hybridized carbons (Fsp3) is 0.467. The number of ether oxygens (including phenoxy) is 3. The zero-order chi connectivity index (χ0) is 29.7. The number of hydrogen-bond donors (Lipinski definition) is 0. The molecule has 4 aromatic rings. The fourth-order valence-corrected chi connectivity index (χ4v) is 6.37. The second-order valence-corrected chi connectivity index (χ2v) is 11.2. The standard InChI is InChI=1S/C30H30F3N5O5/c1-2-40-29(39)23-15-37-25(34-23)11-12-26(35-37)38-18-9-10-19(38)14-20(13-18)41-16-22-27(36-43-28(22)17-7-8-17)21-5-3-4-6-24(21)42-30(31,32)33/h3-6,11-12,15,17-20H,2,7-10,13-14,16H2,1H3/t18-,19?,20?/m0/s1. The Morgan fingerprint density at radius 2 is 1.84 bits per heavy atom. The molecule has 10 nitrogen and oxygen atoms in total. The summed E-state index contributed by atoms with van der Waals surface area (Å²) in [6.45, 7) is 2.20. The molecule has 3 fully saturated rings. The Bertz CT molecular complexity index is 1630. The predicted molar refractivity (Wildman–Crippen MR) is 147 cm³/mol. The van der Waals surface area contributed by atoms with Gasteiger partial charge in [-0.25, -0.2) is 14.3 Å². The van der Waals surface area contributed by atoms with Gasteiger partial charge in [0.2, 0.25) is 0 Å². The van der Waals surface area contributed by atoms with E-state index in [9.17, 15) is 18.0 Å².